The third-order valence-electron chi connectivity index (χ3n) is 3.71. The quantitative estimate of drug-likeness (QED) is 0.532. The van der Waals surface area contributed by atoms with Gasteiger partial charge in [-0.3, -0.25) is 10.1 Å². The number of H-pyrrole nitrogens is 1. The van der Waals surface area contributed by atoms with Crippen molar-refractivity contribution < 1.29 is 9.90 Å². The van der Waals surface area contributed by atoms with Crippen LogP contribution in [0.2, 0.25) is 0 Å². The standard InChI is InChI=1S/C11H16N4O2/c16-10(17)8-4-7-9(14-6-13-7)11(15-8)2-1-3-12-5-11/h6,8,12,15H,1-5H2,(H,13,14)(H,16,17). The van der Waals surface area contributed by atoms with E-state index in [0.29, 0.717) is 6.42 Å². The third-order valence-corrected chi connectivity index (χ3v) is 3.71. The summed E-state index contributed by atoms with van der Waals surface area (Å²) in [6.45, 7) is 1.73. The molecule has 2 aliphatic rings. The summed E-state index contributed by atoms with van der Waals surface area (Å²) >= 11 is 0. The summed E-state index contributed by atoms with van der Waals surface area (Å²) in [7, 11) is 0. The lowest BCUT2D eigenvalue weighted by molar-refractivity contribution is -0.140. The van der Waals surface area contributed by atoms with Gasteiger partial charge in [-0.1, -0.05) is 0 Å². The molecule has 6 nitrogen and oxygen atoms in total. The number of hydrogen-bond acceptors (Lipinski definition) is 4. The largest absolute Gasteiger partial charge is 0.480 e. The first-order valence-corrected chi connectivity index (χ1v) is 5.95. The average molecular weight is 236 g/mol. The van der Waals surface area contributed by atoms with Gasteiger partial charge in [0.2, 0.25) is 0 Å². The van der Waals surface area contributed by atoms with Crippen LogP contribution in [0.15, 0.2) is 6.33 Å². The lowest BCUT2D eigenvalue weighted by Gasteiger charge is -2.42. The Kier molecular flexibility index (Phi) is 2.41. The topological polar surface area (TPSA) is 90.0 Å². The second-order valence-electron chi connectivity index (χ2n) is 4.83. The van der Waals surface area contributed by atoms with E-state index < -0.39 is 12.0 Å². The lowest BCUT2D eigenvalue weighted by Crippen LogP contribution is -2.61. The van der Waals surface area contributed by atoms with Crippen molar-refractivity contribution in [2.45, 2.75) is 30.8 Å². The Morgan fingerprint density at radius 1 is 1.59 bits per heavy atom. The van der Waals surface area contributed by atoms with Gasteiger partial charge in [0, 0.05) is 18.7 Å². The molecule has 0 amide bonds. The molecule has 2 atom stereocenters. The summed E-state index contributed by atoms with van der Waals surface area (Å²) in [6, 6.07) is -0.525. The van der Waals surface area contributed by atoms with E-state index in [0.717, 1.165) is 37.3 Å². The van der Waals surface area contributed by atoms with Crippen LogP contribution in [-0.4, -0.2) is 40.2 Å². The van der Waals surface area contributed by atoms with Gasteiger partial charge >= 0.3 is 5.97 Å². The number of carbonyl (C=O) groups is 1. The van der Waals surface area contributed by atoms with Crippen LogP contribution in [0.3, 0.4) is 0 Å². The second-order valence-corrected chi connectivity index (χ2v) is 4.83. The van der Waals surface area contributed by atoms with Crippen LogP contribution < -0.4 is 10.6 Å². The monoisotopic (exact) mass is 236 g/mol. The number of fused-ring (bicyclic) bond motifs is 2. The number of carboxylic acids is 1. The minimum absolute atomic E-state index is 0.311. The first kappa shape index (κ1) is 10.7. The fourth-order valence-electron chi connectivity index (χ4n) is 2.93. The maximum atomic E-state index is 11.2. The highest BCUT2D eigenvalue weighted by Crippen LogP contribution is 2.33. The number of aromatic nitrogens is 2. The molecule has 0 aromatic carbocycles. The molecule has 0 saturated carbocycles. The summed E-state index contributed by atoms with van der Waals surface area (Å²) in [6.07, 6.45) is 4.10. The smallest absolute Gasteiger partial charge is 0.321 e. The maximum Gasteiger partial charge on any atom is 0.321 e. The Bertz CT molecular complexity index is 436. The Hall–Kier alpha value is -1.40. The van der Waals surface area contributed by atoms with Crippen LogP contribution >= 0.6 is 0 Å². The van der Waals surface area contributed by atoms with Gasteiger partial charge in [-0.25, -0.2) is 4.98 Å². The van der Waals surface area contributed by atoms with Crippen LogP contribution in [0.1, 0.15) is 24.2 Å². The molecule has 1 fully saturated rings. The molecule has 17 heavy (non-hydrogen) atoms. The molecule has 1 spiro atoms. The number of nitrogens with one attached hydrogen (secondary N) is 3. The van der Waals surface area contributed by atoms with Crippen molar-refractivity contribution >= 4 is 5.97 Å². The number of aromatic amines is 1. The fourth-order valence-corrected chi connectivity index (χ4v) is 2.93. The summed E-state index contributed by atoms with van der Waals surface area (Å²) in [5, 5.41) is 15.8. The molecule has 2 unspecified atom stereocenters. The van der Waals surface area contributed by atoms with E-state index in [2.05, 4.69) is 20.6 Å². The van der Waals surface area contributed by atoms with E-state index >= 15 is 0 Å². The molecule has 0 bridgehead atoms. The van der Waals surface area contributed by atoms with Crippen LogP contribution in [0.4, 0.5) is 0 Å². The van der Waals surface area contributed by atoms with Gasteiger partial charge in [0.15, 0.2) is 0 Å². The Balaban J connectivity index is 2.00. The minimum Gasteiger partial charge on any atom is -0.480 e. The molecular weight excluding hydrogens is 220 g/mol. The van der Waals surface area contributed by atoms with Crippen molar-refractivity contribution in [1.82, 2.24) is 20.6 Å². The number of hydrogen-bond donors (Lipinski definition) is 4. The first-order valence-electron chi connectivity index (χ1n) is 5.95. The Morgan fingerprint density at radius 3 is 3.18 bits per heavy atom. The zero-order chi connectivity index (χ0) is 11.9. The first-order chi connectivity index (χ1) is 8.21. The second kappa shape index (κ2) is 3.82. The van der Waals surface area contributed by atoms with Crippen molar-refractivity contribution in [2.24, 2.45) is 0 Å². The van der Waals surface area contributed by atoms with Gasteiger partial charge in [-0.15, -0.1) is 0 Å². The molecule has 4 N–H and O–H groups in total. The molecule has 92 valence electrons. The zero-order valence-electron chi connectivity index (χ0n) is 9.49. The predicted molar refractivity (Wildman–Crippen MR) is 60.6 cm³/mol. The molecule has 6 heteroatoms. The highest BCUT2D eigenvalue weighted by atomic mass is 16.4. The highest BCUT2D eigenvalue weighted by Gasteiger charge is 2.44. The number of carboxylic acid groups (broad SMARTS) is 1. The van der Waals surface area contributed by atoms with Crippen molar-refractivity contribution in [3.8, 4) is 0 Å². The van der Waals surface area contributed by atoms with Gasteiger partial charge < -0.3 is 15.4 Å². The maximum absolute atomic E-state index is 11.2. The van der Waals surface area contributed by atoms with Gasteiger partial charge in [-0.05, 0) is 19.4 Å². The van der Waals surface area contributed by atoms with Gasteiger partial charge in [0.1, 0.15) is 6.04 Å². The summed E-state index contributed by atoms with van der Waals surface area (Å²) in [4.78, 5) is 18.6. The number of rotatable bonds is 1. The number of piperidine rings is 1. The van der Waals surface area contributed by atoms with Gasteiger partial charge in [-0.2, -0.15) is 0 Å². The van der Waals surface area contributed by atoms with Crippen LogP contribution in [0.5, 0.6) is 0 Å². The molecule has 1 aromatic rings. The van der Waals surface area contributed by atoms with E-state index in [1.807, 2.05) is 0 Å². The molecular formula is C11H16N4O2. The van der Waals surface area contributed by atoms with Gasteiger partial charge in [0.05, 0.1) is 17.6 Å². The van der Waals surface area contributed by atoms with Crippen molar-refractivity contribution in [3.63, 3.8) is 0 Å². The van der Waals surface area contributed by atoms with E-state index in [1.54, 1.807) is 6.33 Å². The number of aliphatic carboxylic acids is 1. The Labute approximate surface area is 98.8 Å². The molecule has 0 aliphatic carbocycles. The molecule has 0 radical (unpaired) electrons. The summed E-state index contributed by atoms with van der Waals surface area (Å²) in [5.74, 6) is -0.796. The summed E-state index contributed by atoms with van der Waals surface area (Å²) in [5.41, 5.74) is 1.64. The predicted octanol–water partition coefficient (Wildman–Crippen LogP) is -0.413. The molecule has 3 rings (SSSR count). The van der Waals surface area contributed by atoms with E-state index in [1.165, 1.54) is 0 Å². The highest BCUT2D eigenvalue weighted by molar-refractivity contribution is 5.74. The third kappa shape index (κ3) is 1.64. The fraction of sp³-hybridized carbons (Fsp3) is 0.636. The zero-order valence-corrected chi connectivity index (χ0v) is 9.49. The SMILES string of the molecule is O=C(O)C1Cc2[nH]cnc2C2(CCCNC2)N1. The van der Waals surface area contributed by atoms with E-state index in [-0.39, 0.29) is 5.54 Å². The number of imidazole rings is 1. The van der Waals surface area contributed by atoms with Crippen LogP contribution in [0.25, 0.3) is 0 Å². The minimum atomic E-state index is -0.796. The Morgan fingerprint density at radius 2 is 2.47 bits per heavy atom. The van der Waals surface area contributed by atoms with Crippen molar-refractivity contribution in [2.75, 3.05) is 13.1 Å². The average Bonchev–Trinajstić information content (AvgIpc) is 2.79. The normalized spacial score (nSPS) is 32.4. The van der Waals surface area contributed by atoms with Crippen molar-refractivity contribution in [1.29, 1.82) is 0 Å². The summed E-state index contributed by atoms with van der Waals surface area (Å²) < 4.78 is 0. The molecule has 1 saturated heterocycles. The van der Waals surface area contributed by atoms with Crippen LogP contribution in [-0.2, 0) is 16.8 Å². The lowest BCUT2D eigenvalue weighted by atomic mass is 9.81. The van der Waals surface area contributed by atoms with E-state index in [9.17, 15) is 9.90 Å². The van der Waals surface area contributed by atoms with Gasteiger partial charge in [0.25, 0.3) is 0 Å². The molecule has 3 heterocycles. The van der Waals surface area contributed by atoms with Crippen molar-refractivity contribution in [3.05, 3.63) is 17.7 Å². The number of nitrogens with zero attached hydrogens (tertiary/aromatic N) is 1. The molecule has 1 aromatic heterocycles. The molecule has 2 aliphatic heterocycles. The van der Waals surface area contributed by atoms with Crippen LogP contribution in [0, 0.1) is 0 Å². The van der Waals surface area contributed by atoms with E-state index in [4.69, 9.17) is 0 Å².